The van der Waals surface area contributed by atoms with Crippen molar-refractivity contribution in [3.05, 3.63) is 54.6 Å². The summed E-state index contributed by atoms with van der Waals surface area (Å²) in [6.07, 6.45) is 4.40. The van der Waals surface area contributed by atoms with E-state index in [9.17, 15) is 19.5 Å². The molecular weight excluding hydrogens is 458 g/mol. The van der Waals surface area contributed by atoms with Gasteiger partial charge in [-0.05, 0) is 50.3 Å². The average molecular weight is 496 g/mol. The summed E-state index contributed by atoms with van der Waals surface area (Å²) in [4.78, 5) is 46.5. The third-order valence-corrected chi connectivity index (χ3v) is 7.89. The van der Waals surface area contributed by atoms with Gasteiger partial charge in [-0.1, -0.05) is 24.3 Å². The van der Waals surface area contributed by atoms with Crippen molar-refractivity contribution < 1.29 is 24.2 Å². The molecule has 4 rings (SSSR count). The van der Waals surface area contributed by atoms with Crippen molar-refractivity contribution in [3.8, 4) is 0 Å². The summed E-state index contributed by atoms with van der Waals surface area (Å²) in [5, 5.41) is 9.53. The number of nitrogens with zero attached hydrogens (tertiary/aromatic N) is 3. The fraction of sp³-hybridized carbons (Fsp3) is 0.536. The highest BCUT2D eigenvalue weighted by Gasteiger charge is 2.74. The Morgan fingerprint density at radius 2 is 1.94 bits per heavy atom. The van der Waals surface area contributed by atoms with Crippen LogP contribution in [0, 0.1) is 25.7 Å². The van der Waals surface area contributed by atoms with Crippen LogP contribution in [0.4, 0.5) is 5.69 Å². The van der Waals surface area contributed by atoms with Crippen LogP contribution in [0.1, 0.15) is 30.4 Å². The van der Waals surface area contributed by atoms with E-state index in [0.717, 1.165) is 16.8 Å². The first-order chi connectivity index (χ1) is 17.2. The Balaban J connectivity index is 1.78. The number of likely N-dealkylation sites (N-methyl/N-ethyl adjacent to an activating group) is 1. The zero-order valence-electron chi connectivity index (χ0n) is 21.5. The van der Waals surface area contributed by atoms with Crippen LogP contribution in [0.25, 0.3) is 0 Å². The van der Waals surface area contributed by atoms with Crippen molar-refractivity contribution in [1.29, 1.82) is 0 Å². The Labute approximate surface area is 213 Å². The lowest BCUT2D eigenvalue weighted by atomic mass is 9.70. The first-order valence-corrected chi connectivity index (χ1v) is 12.7. The number of ether oxygens (including phenoxy) is 1. The van der Waals surface area contributed by atoms with Gasteiger partial charge in [0.15, 0.2) is 0 Å². The number of hydrogen-bond acceptors (Lipinski definition) is 5. The minimum atomic E-state index is -1.07. The molecular formula is C28H37N3O5. The van der Waals surface area contributed by atoms with Crippen LogP contribution in [0.2, 0.25) is 0 Å². The van der Waals surface area contributed by atoms with Gasteiger partial charge in [0.25, 0.3) is 5.91 Å². The topological polar surface area (TPSA) is 90.4 Å². The van der Waals surface area contributed by atoms with Crippen molar-refractivity contribution in [2.75, 3.05) is 38.2 Å². The molecule has 3 saturated heterocycles. The Bertz CT molecular complexity index is 1070. The normalized spacial score (nSPS) is 28.2. The van der Waals surface area contributed by atoms with Gasteiger partial charge in [0, 0.05) is 39.0 Å². The maximum Gasteiger partial charge on any atom is 0.253 e. The summed E-state index contributed by atoms with van der Waals surface area (Å²) in [6.45, 7) is 12.2. The Kier molecular flexibility index (Phi) is 7.38. The van der Waals surface area contributed by atoms with Crippen LogP contribution < -0.4 is 4.90 Å². The van der Waals surface area contributed by atoms with Gasteiger partial charge in [0.2, 0.25) is 11.8 Å². The molecule has 0 aliphatic carbocycles. The van der Waals surface area contributed by atoms with E-state index in [1.165, 1.54) is 0 Å². The Morgan fingerprint density at radius 1 is 1.22 bits per heavy atom. The maximum atomic E-state index is 14.4. The Morgan fingerprint density at radius 3 is 2.61 bits per heavy atom. The van der Waals surface area contributed by atoms with Crippen LogP contribution in [0.15, 0.2) is 43.5 Å². The second kappa shape index (κ2) is 10.2. The predicted molar refractivity (Wildman–Crippen MR) is 137 cm³/mol. The fourth-order valence-corrected chi connectivity index (χ4v) is 6.33. The van der Waals surface area contributed by atoms with E-state index in [-0.39, 0.29) is 37.4 Å². The quantitative estimate of drug-likeness (QED) is 0.503. The largest absolute Gasteiger partial charge is 0.396 e. The van der Waals surface area contributed by atoms with Crippen LogP contribution in [0.5, 0.6) is 0 Å². The first-order valence-electron chi connectivity index (χ1n) is 12.7. The molecule has 1 N–H and O–H groups in total. The van der Waals surface area contributed by atoms with Gasteiger partial charge in [-0.25, -0.2) is 0 Å². The number of rotatable bonds is 10. The lowest BCUT2D eigenvalue weighted by Crippen LogP contribution is -2.56. The summed E-state index contributed by atoms with van der Waals surface area (Å²) < 4.78 is 6.51. The standard InChI is InChI=1S/C28H37N3O5/c1-6-13-29(5)25(33)22-21-11-12-28(36-21)23(22)26(34)31(15-8-16-32)24(28)27(35)30(14-7-2)20-17-18(3)9-10-19(20)4/h6-7,9-10,17,21-24,32H,1-2,8,11-16H2,3-5H3/t21-,22+,23+,24?,28?/m1/s1. The van der Waals surface area contributed by atoms with E-state index in [1.54, 1.807) is 33.9 Å². The fourth-order valence-electron chi connectivity index (χ4n) is 6.33. The highest BCUT2D eigenvalue weighted by Crippen LogP contribution is 2.59. The van der Waals surface area contributed by atoms with Crippen molar-refractivity contribution in [2.24, 2.45) is 11.8 Å². The van der Waals surface area contributed by atoms with Crippen molar-refractivity contribution in [3.63, 3.8) is 0 Å². The summed E-state index contributed by atoms with van der Waals surface area (Å²) in [6, 6.07) is 5.05. The number of aliphatic hydroxyl groups excluding tert-OH is 1. The zero-order chi connectivity index (χ0) is 26.2. The van der Waals surface area contributed by atoms with E-state index in [4.69, 9.17) is 4.74 Å². The SMILES string of the molecule is C=CCN(C)C(=O)[C@@H]1[C@H]2C(=O)N(CCCO)C(C(=O)N(CC=C)c3cc(C)ccc3C)C23CC[C@H]1O3. The van der Waals surface area contributed by atoms with Crippen molar-refractivity contribution >= 4 is 23.4 Å². The molecule has 8 nitrogen and oxygen atoms in total. The molecule has 8 heteroatoms. The lowest BCUT2D eigenvalue weighted by molar-refractivity contribution is -0.144. The molecule has 0 radical (unpaired) electrons. The number of aryl methyl sites for hydroxylation is 2. The van der Waals surface area contributed by atoms with E-state index in [1.807, 2.05) is 32.0 Å². The van der Waals surface area contributed by atoms with Gasteiger partial charge in [0.1, 0.15) is 11.6 Å². The second-order valence-electron chi connectivity index (χ2n) is 10.2. The summed E-state index contributed by atoms with van der Waals surface area (Å²) in [5.41, 5.74) is 1.65. The molecule has 3 fully saturated rings. The molecule has 3 amide bonds. The zero-order valence-corrected chi connectivity index (χ0v) is 21.5. The number of aliphatic hydroxyl groups is 1. The van der Waals surface area contributed by atoms with E-state index in [0.29, 0.717) is 25.8 Å². The first kappa shape index (κ1) is 26.1. The van der Waals surface area contributed by atoms with Gasteiger partial charge >= 0.3 is 0 Å². The molecule has 1 spiro atoms. The summed E-state index contributed by atoms with van der Waals surface area (Å²) in [7, 11) is 1.70. The summed E-state index contributed by atoms with van der Waals surface area (Å²) in [5.74, 6) is -2.01. The molecule has 0 aromatic heterocycles. The Hall–Kier alpha value is -2.97. The molecule has 194 valence electrons. The van der Waals surface area contributed by atoms with Gasteiger partial charge < -0.3 is 24.5 Å². The molecule has 1 aromatic rings. The molecule has 3 aliphatic rings. The van der Waals surface area contributed by atoms with Crippen molar-refractivity contribution in [1.82, 2.24) is 9.80 Å². The highest BCUT2D eigenvalue weighted by molar-refractivity contribution is 6.05. The highest BCUT2D eigenvalue weighted by atomic mass is 16.5. The van der Waals surface area contributed by atoms with Crippen LogP contribution in [-0.2, 0) is 19.1 Å². The predicted octanol–water partition coefficient (Wildman–Crippen LogP) is 2.22. The van der Waals surface area contributed by atoms with E-state index in [2.05, 4.69) is 13.2 Å². The summed E-state index contributed by atoms with van der Waals surface area (Å²) >= 11 is 0. The van der Waals surface area contributed by atoms with E-state index < -0.39 is 29.6 Å². The second-order valence-corrected chi connectivity index (χ2v) is 10.2. The van der Waals surface area contributed by atoms with Gasteiger partial charge in [-0.2, -0.15) is 0 Å². The molecule has 2 unspecified atom stereocenters. The van der Waals surface area contributed by atoms with E-state index >= 15 is 0 Å². The number of likely N-dealkylation sites (tertiary alicyclic amines) is 1. The van der Waals surface area contributed by atoms with Crippen LogP contribution in [-0.4, -0.2) is 83.7 Å². The molecule has 3 heterocycles. The van der Waals surface area contributed by atoms with Gasteiger partial charge in [0.05, 0.1) is 17.9 Å². The number of amides is 3. The number of benzene rings is 1. The molecule has 2 bridgehead atoms. The molecule has 36 heavy (non-hydrogen) atoms. The smallest absolute Gasteiger partial charge is 0.253 e. The number of anilines is 1. The molecule has 3 aliphatic heterocycles. The third-order valence-electron chi connectivity index (χ3n) is 7.89. The number of fused-ring (bicyclic) bond motifs is 1. The van der Waals surface area contributed by atoms with Crippen LogP contribution >= 0.6 is 0 Å². The van der Waals surface area contributed by atoms with Gasteiger partial charge in [-0.15, -0.1) is 13.2 Å². The van der Waals surface area contributed by atoms with Crippen LogP contribution in [0.3, 0.4) is 0 Å². The van der Waals surface area contributed by atoms with Gasteiger partial charge in [-0.3, -0.25) is 14.4 Å². The average Bonchev–Trinajstić information content (AvgIpc) is 3.49. The number of hydrogen-bond donors (Lipinski definition) is 1. The maximum absolute atomic E-state index is 14.4. The lowest BCUT2D eigenvalue weighted by Gasteiger charge is -2.37. The number of carbonyl (C=O) groups excluding carboxylic acids is 3. The number of carbonyl (C=O) groups is 3. The molecule has 0 saturated carbocycles. The minimum Gasteiger partial charge on any atom is -0.396 e. The monoisotopic (exact) mass is 495 g/mol. The molecule has 1 aromatic carbocycles. The third kappa shape index (κ3) is 4.06. The molecule has 5 atom stereocenters. The van der Waals surface area contributed by atoms with Crippen molar-refractivity contribution in [2.45, 2.75) is 50.9 Å². The minimum absolute atomic E-state index is 0.108.